The lowest BCUT2D eigenvalue weighted by atomic mass is 10.1. The van der Waals surface area contributed by atoms with Crippen LogP contribution in [0.15, 0.2) is 88.6 Å². The summed E-state index contributed by atoms with van der Waals surface area (Å²) in [5.41, 5.74) is 3.27. The van der Waals surface area contributed by atoms with E-state index in [1.807, 2.05) is 0 Å². The average Bonchev–Trinajstić information content (AvgIpc) is 3.11. The number of rotatable bonds is 18. The van der Waals surface area contributed by atoms with Crippen LogP contribution in [0.1, 0.15) is 0 Å². The number of hydrogen-bond acceptors (Lipinski definition) is 22. The van der Waals surface area contributed by atoms with Gasteiger partial charge < -0.3 is 20.3 Å². The van der Waals surface area contributed by atoms with Crippen LogP contribution in [0.4, 0.5) is 28.4 Å². The van der Waals surface area contributed by atoms with E-state index in [0.717, 1.165) is 50.6 Å². The number of aromatic hydroxyl groups is 1. The number of methoxy groups -OCH3 is 2. The molecule has 0 radical (unpaired) electrons. The second kappa shape index (κ2) is 17.5. The summed E-state index contributed by atoms with van der Waals surface area (Å²) in [5.74, 6) is -3.81. The molecule has 0 unspecified atom stereocenters. The number of ether oxygens (including phenoxy) is 2. The molecular weight excluding hydrogens is 935 g/mol. The highest BCUT2D eigenvalue weighted by molar-refractivity contribution is 7.92. The average molecular weight is 964 g/mol. The molecule has 4 rings (SSSR count). The fourth-order valence-electron chi connectivity index (χ4n) is 4.91. The maximum absolute atomic E-state index is 12.9. The van der Waals surface area contributed by atoms with Gasteiger partial charge in [-0.3, -0.25) is 18.2 Å². The standard InChI is InChI=1S/C28H29N5O21S6/c1-51-21-14-24(56(37,38)10-8-54-60(48,49)50)22(52-2)13-20(21)31-33-27-25(58(42,43)44)12-17-16(28(27)34)4-5-18(29)26(17)32-30-19-6-3-15(11-23(19)57(39,40)41)55(35,36)9-7-53-59(45,46)47/h3-6,11-14,34H,7-10,29H2,1-2H3,(H,39,40,41)(H,42,43,44)(H,45,46,47)(H,48,49,50). The number of phenols is 1. The van der Waals surface area contributed by atoms with Crippen molar-refractivity contribution >= 4 is 99.9 Å². The van der Waals surface area contributed by atoms with E-state index in [9.17, 15) is 64.7 Å². The fourth-order valence-corrected chi connectivity index (χ4v) is 9.45. The smallest absolute Gasteiger partial charge is 0.397 e. The van der Waals surface area contributed by atoms with Gasteiger partial charge in [0.2, 0.25) is 0 Å². The Kier molecular flexibility index (Phi) is 13.9. The minimum atomic E-state index is -5.34. The molecule has 60 heavy (non-hydrogen) atoms. The molecule has 26 nitrogen and oxygen atoms in total. The Labute approximate surface area is 340 Å². The Morgan fingerprint density at radius 3 is 1.62 bits per heavy atom. The SMILES string of the molecule is COc1cc(S(=O)(=O)CCOS(=O)(=O)O)c(OC)cc1N=Nc1c(S(=O)(=O)O)cc2c(N=Nc3ccc(S(=O)(=O)CCOS(=O)(=O)O)cc3S(=O)(=O)O)c(N)ccc2c1O. The van der Waals surface area contributed by atoms with Crippen LogP contribution >= 0.6 is 0 Å². The summed E-state index contributed by atoms with van der Waals surface area (Å²) in [6, 6.07) is 6.78. The van der Waals surface area contributed by atoms with Gasteiger partial charge in [0, 0.05) is 22.9 Å². The first-order valence-electron chi connectivity index (χ1n) is 15.4. The molecule has 0 saturated heterocycles. The second-order valence-electron chi connectivity index (χ2n) is 11.5. The van der Waals surface area contributed by atoms with Gasteiger partial charge in [0.25, 0.3) is 20.2 Å². The monoisotopic (exact) mass is 963 g/mol. The predicted molar refractivity (Wildman–Crippen MR) is 203 cm³/mol. The van der Waals surface area contributed by atoms with Gasteiger partial charge in [-0.15, -0.1) is 20.5 Å². The summed E-state index contributed by atoms with van der Waals surface area (Å²) in [7, 11) is -27.4. The largest absolute Gasteiger partial charge is 0.505 e. The summed E-state index contributed by atoms with van der Waals surface area (Å²) >= 11 is 0. The molecule has 0 bridgehead atoms. The number of azo groups is 2. The molecule has 0 aliphatic heterocycles. The highest BCUT2D eigenvalue weighted by atomic mass is 32.3. The highest BCUT2D eigenvalue weighted by Gasteiger charge is 2.27. The third kappa shape index (κ3) is 11.6. The number of nitrogens with two attached hydrogens (primary N) is 1. The number of anilines is 1. The van der Waals surface area contributed by atoms with E-state index >= 15 is 0 Å². The topological polar surface area (TPSA) is 418 Å². The first-order valence-corrected chi connectivity index (χ1v) is 24.4. The molecule has 0 spiro atoms. The Morgan fingerprint density at radius 1 is 0.550 bits per heavy atom. The number of phenolic OH excluding ortho intramolecular Hbond substituents is 1. The Morgan fingerprint density at radius 2 is 1.08 bits per heavy atom. The number of sulfone groups is 2. The fraction of sp³-hybridized carbons (Fsp3) is 0.214. The van der Waals surface area contributed by atoms with Gasteiger partial charge in [-0.2, -0.15) is 33.7 Å². The van der Waals surface area contributed by atoms with Crippen molar-refractivity contribution in [3.05, 3.63) is 48.5 Å². The highest BCUT2D eigenvalue weighted by Crippen LogP contribution is 2.47. The van der Waals surface area contributed by atoms with Crippen molar-refractivity contribution in [1.82, 2.24) is 0 Å². The number of hydrogen-bond donors (Lipinski definition) is 6. The van der Waals surface area contributed by atoms with Crippen LogP contribution in [0, 0.1) is 0 Å². The van der Waals surface area contributed by atoms with Gasteiger partial charge in [0.15, 0.2) is 25.4 Å². The molecule has 0 atom stereocenters. The molecule has 0 aromatic heterocycles. The van der Waals surface area contributed by atoms with Crippen molar-refractivity contribution in [1.29, 1.82) is 0 Å². The van der Waals surface area contributed by atoms with Crippen LogP contribution < -0.4 is 15.2 Å². The lowest BCUT2D eigenvalue weighted by molar-refractivity contribution is 0.282. The zero-order valence-electron chi connectivity index (χ0n) is 30.0. The lowest BCUT2D eigenvalue weighted by Gasteiger charge is -2.13. The zero-order chi connectivity index (χ0) is 45.2. The third-order valence-corrected chi connectivity index (χ3v) is 13.6. The third-order valence-electron chi connectivity index (χ3n) is 7.57. The molecule has 4 aromatic carbocycles. The van der Waals surface area contributed by atoms with Crippen molar-refractivity contribution in [2.24, 2.45) is 20.5 Å². The molecular formula is C28H29N5O21S6. The number of nitrogens with zero attached hydrogens (tertiary/aromatic N) is 4. The number of nitrogen functional groups attached to an aromatic ring is 1. The normalized spacial score (nSPS) is 13.4. The van der Waals surface area contributed by atoms with Crippen LogP contribution in [0.2, 0.25) is 0 Å². The Bertz CT molecular complexity index is 3120. The quantitative estimate of drug-likeness (QED) is 0.0474. The van der Waals surface area contributed by atoms with Crippen molar-refractivity contribution in [3.63, 3.8) is 0 Å². The molecule has 328 valence electrons. The van der Waals surface area contributed by atoms with Gasteiger partial charge >= 0.3 is 20.8 Å². The molecule has 4 aromatic rings. The van der Waals surface area contributed by atoms with Gasteiger partial charge in [-0.1, -0.05) is 0 Å². The molecule has 0 saturated carbocycles. The number of fused-ring (bicyclic) bond motifs is 1. The molecule has 32 heteroatoms. The van der Waals surface area contributed by atoms with E-state index in [0.29, 0.717) is 12.1 Å². The van der Waals surface area contributed by atoms with Gasteiger partial charge in [-0.25, -0.2) is 25.2 Å². The minimum absolute atomic E-state index is 0.291. The van der Waals surface area contributed by atoms with Crippen LogP contribution in [-0.4, -0.2) is 113 Å². The second-order valence-corrected chi connectivity index (χ2v) is 20.6. The zero-order valence-corrected chi connectivity index (χ0v) is 34.9. The Hall–Kier alpha value is -5.00. The van der Waals surface area contributed by atoms with E-state index in [1.54, 1.807) is 0 Å². The van der Waals surface area contributed by atoms with E-state index in [-0.39, 0.29) is 27.9 Å². The van der Waals surface area contributed by atoms with Crippen molar-refractivity contribution in [2.75, 3.05) is 44.7 Å². The summed E-state index contributed by atoms with van der Waals surface area (Å²) in [4.78, 5) is -3.62. The van der Waals surface area contributed by atoms with Crippen LogP contribution in [-0.2, 0) is 69.1 Å². The van der Waals surface area contributed by atoms with Crippen LogP contribution in [0.25, 0.3) is 10.8 Å². The van der Waals surface area contributed by atoms with Crippen LogP contribution in [0.5, 0.6) is 17.2 Å². The first-order chi connectivity index (χ1) is 27.5. The molecule has 0 fully saturated rings. The summed E-state index contributed by atoms with van der Waals surface area (Å²) in [6.07, 6.45) is 0. The van der Waals surface area contributed by atoms with Crippen LogP contribution in [0.3, 0.4) is 0 Å². The summed E-state index contributed by atoms with van der Waals surface area (Å²) < 4.78 is 200. The maximum atomic E-state index is 12.9. The van der Waals surface area contributed by atoms with Crippen molar-refractivity contribution in [2.45, 2.75) is 19.6 Å². The maximum Gasteiger partial charge on any atom is 0.397 e. The lowest BCUT2D eigenvalue weighted by Crippen LogP contribution is -2.16. The summed E-state index contributed by atoms with van der Waals surface area (Å²) in [5, 5.41) is 25.7. The van der Waals surface area contributed by atoms with E-state index < -0.39 is 134 Å². The van der Waals surface area contributed by atoms with Crippen molar-refractivity contribution in [3.8, 4) is 17.2 Å². The first kappa shape index (κ1) is 47.7. The number of benzene rings is 4. The molecule has 0 aliphatic rings. The Balaban J connectivity index is 1.84. The molecule has 0 amide bonds. The summed E-state index contributed by atoms with van der Waals surface area (Å²) in [6.45, 7) is -2.06. The van der Waals surface area contributed by atoms with E-state index in [4.69, 9.17) is 24.3 Å². The van der Waals surface area contributed by atoms with Gasteiger partial charge in [0.1, 0.15) is 48.9 Å². The molecule has 0 heterocycles. The minimum Gasteiger partial charge on any atom is -0.505 e. The van der Waals surface area contributed by atoms with Gasteiger partial charge in [0.05, 0.1) is 49.5 Å². The van der Waals surface area contributed by atoms with Gasteiger partial charge in [-0.05, 0) is 36.4 Å². The predicted octanol–water partition coefficient (Wildman–Crippen LogP) is 2.66. The van der Waals surface area contributed by atoms with E-state index in [1.165, 1.54) is 0 Å². The molecule has 0 aliphatic carbocycles. The van der Waals surface area contributed by atoms with Crippen molar-refractivity contribution < 1.29 is 91.7 Å². The van der Waals surface area contributed by atoms with E-state index in [2.05, 4.69) is 28.8 Å². The molecule has 7 N–H and O–H groups in total.